The van der Waals surface area contributed by atoms with Crippen LogP contribution < -0.4 is 16.2 Å². The van der Waals surface area contributed by atoms with E-state index in [-0.39, 0.29) is 17.2 Å². The minimum Gasteiger partial charge on any atom is -0.468 e. The second-order valence-corrected chi connectivity index (χ2v) is 9.03. The van der Waals surface area contributed by atoms with Gasteiger partial charge in [-0.2, -0.15) is 0 Å². The van der Waals surface area contributed by atoms with Gasteiger partial charge in [0.2, 0.25) is 15.9 Å². The van der Waals surface area contributed by atoms with Crippen molar-refractivity contribution in [2.45, 2.75) is 11.3 Å². The first-order valence-electron chi connectivity index (χ1n) is 10.1. The number of primary sulfonamides is 1. The fraction of sp³-hybridized carbons (Fsp3) is 0.125. The molecule has 0 aromatic heterocycles. The first-order chi connectivity index (χ1) is 16.1. The molecule has 0 aliphatic heterocycles. The molecular formula is C24H24N4O5S. The van der Waals surface area contributed by atoms with Crippen molar-refractivity contribution in [3.05, 3.63) is 83.9 Å². The number of hydrogen-bond donors (Lipinski definition) is 4. The number of carbonyl (C=O) groups excluding carboxylic acids is 2. The maximum absolute atomic E-state index is 12.9. The number of amides is 1. The molecule has 34 heavy (non-hydrogen) atoms. The molecule has 0 aliphatic rings. The monoisotopic (exact) mass is 480 g/mol. The number of esters is 1. The van der Waals surface area contributed by atoms with Crippen LogP contribution in [0.3, 0.4) is 0 Å². The number of methoxy groups -OCH3 is 1. The number of sulfonamides is 1. The summed E-state index contributed by atoms with van der Waals surface area (Å²) in [5.74, 6) is -2.53. The van der Waals surface area contributed by atoms with E-state index in [0.717, 1.165) is 0 Å². The van der Waals surface area contributed by atoms with Crippen LogP contribution in [0.2, 0.25) is 0 Å². The van der Waals surface area contributed by atoms with Gasteiger partial charge in [0.05, 0.1) is 12.0 Å². The van der Waals surface area contributed by atoms with Gasteiger partial charge >= 0.3 is 5.97 Å². The number of nitrogens with one attached hydrogen (secondary N) is 2. The molecule has 3 aromatic rings. The van der Waals surface area contributed by atoms with Crippen molar-refractivity contribution in [2.75, 3.05) is 12.4 Å². The average molecular weight is 481 g/mol. The van der Waals surface area contributed by atoms with Gasteiger partial charge in [-0.1, -0.05) is 48.5 Å². The van der Waals surface area contributed by atoms with Crippen LogP contribution in [0.4, 0.5) is 5.69 Å². The summed E-state index contributed by atoms with van der Waals surface area (Å²) in [4.78, 5) is 25.2. The van der Waals surface area contributed by atoms with E-state index in [1.54, 1.807) is 66.7 Å². The highest BCUT2D eigenvalue weighted by Crippen LogP contribution is 2.27. The smallest absolute Gasteiger partial charge is 0.318 e. The lowest BCUT2D eigenvalue weighted by Gasteiger charge is -2.16. The highest BCUT2D eigenvalue weighted by molar-refractivity contribution is 7.89. The molecule has 176 valence electrons. The molecule has 0 spiro atoms. The van der Waals surface area contributed by atoms with E-state index in [1.165, 1.54) is 13.2 Å². The van der Waals surface area contributed by atoms with Gasteiger partial charge in [0.15, 0.2) is 0 Å². The summed E-state index contributed by atoms with van der Waals surface area (Å²) in [6.07, 6.45) is 0.0550. The first-order valence-corrected chi connectivity index (χ1v) is 11.7. The largest absolute Gasteiger partial charge is 0.468 e. The lowest BCUT2D eigenvalue weighted by molar-refractivity contribution is -0.148. The Morgan fingerprint density at radius 1 is 1.03 bits per heavy atom. The molecule has 0 saturated carbocycles. The lowest BCUT2D eigenvalue weighted by Crippen LogP contribution is -2.32. The average Bonchev–Trinajstić information content (AvgIpc) is 2.82. The highest BCUT2D eigenvalue weighted by Gasteiger charge is 2.28. The fourth-order valence-electron chi connectivity index (χ4n) is 3.44. The Bertz CT molecular complexity index is 1340. The summed E-state index contributed by atoms with van der Waals surface area (Å²) < 4.78 is 28.6. The predicted molar refractivity (Wildman–Crippen MR) is 129 cm³/mol. The predicted octanol–water partition coefficient (Wildman–Crippen LogP) is 2.26. The number of rotatable bonds is 8. The molecule has 3 aromatic carbocycles. The Morgan fingerprint density at radius 2 is 1.71 bits per heavy atom. The Labute approximate surface area is 197 Å². The van der Waals surface area contributed by atoms with E-state index in [2.05, 4.69) is 5.32 Å². The molecule has 10 heteroatoms. The summed E-state index contributed by atoms with van der Waals surface area (Å²) in [5, 5.41) is 15.6. The van der Waals surface area contributed by atoms with Gasteiger partial charge in [0.1, 0.15) is 11.8 Å². The molecule has 0 bridgehead atoms. The van der Waals surface area contributed by atoms with Gasteiger partial charge in [-0.25, -0.2) is 13.6 Å². The van der Waals surface area contributed by atoms with Crippen molar-refractivity contribution in [1.29, 1.82) is 5.41 Å². The summed E-state index contributed by atoms with van der Waals surface area (Å²) in [5.41, 5.74) is 8.08. The van der Waals surface area contributed by atoms with E-state index in [4.69, 9.17) is 21.0 Å². The van der Waals surface area contributed by atoms with Gasteiger partial charge in [-0.05, 0) is 41.8 Å². The normalized spacial score (nSPS) is 11.9. The topological polar surface area (TPSA) is 165 Å². The zero-order valence-electron chi connectivity index (χ0n) is 18.3. The fourth-order valence-corrected chi connectivity index (χ4v) is 4.20. The number of anilines is 1. The number of carbonyl (C=O) groups is 2. The van der Waals surface area contributed by atoms with Crippen LogP contribution in [0.1, 0.15) is 11.1 Å². The number of nitrogens with two attached hydrogens (primary N) is 2. The molecule has 6 N–H and O–H groups in total. The molecule has 0 radical (unpaired) electrons. The number of ether oxygens (including phenoxy) is 1. The van der Waals surface area contributed by atoms with Crippen molar-refractivity contribution in [1.82, 2.24) is 0 Å². The van der Waals surface area contributed by atoms with Crippen molar-refractivity contribution in [3.8, 4) is 11.1 Å². The maximum atomic E-state index is 12.9. The van der Waals surface area contributed by atoms with Gasteiger partial charge in [0.25, 0.3) is 0 Å². The number of hydrogen-bond acceptors (Lipinski definition) is 6. The molecule has 0 saturated heterocycles. The molecule has 0 heterocycles. The van der Waals surface area contributed by atoms with Crippen molar-refractivity contribution in [3.63, 3.8) is 0 Å². The number of amidine groups is 1. The second kappa shape index (κ2) is 10.3. The standard InChI is InChI=1S/C24H24N4O5S/c1-33-24(30)20(14-15-5-4-6-17(13-15)22(25)26)23(29)28-18-11-9-16(10-12-18)19-7-2-3-8-21(19)34(27,31)32/h2-13,20H,14H2,1H3,(H3,25,26)(H,28,29)(H2,27,31,32). The molecule has 3 rings (SSSR count). The maximum Gasteiger partial charge on any atom is 0.318 e. The molecule has 0 aliphatic carbocycles. The van der Waals surface area contributed by atoms with Crippen LogP contribution in [-0.4, -0.2) is 33.2 Å². The van der Waals surface area contributed by atoms with Crippen molar-refractivity contribution >= 4 is 33.4 Å². The third-order valence-corrected chi connectivity index (χ3v) is 6.11. The van der Waals surface area contributed by atoms with Gasteiger partial charge in [0, 0.05) is 16.8 Å². The summed E-state index contributed by atoms with van der Waals surface area (Å²) >= 11 is 0. The molecular weight excluding hydrogens is 456 g/mol. The molecule has 0 fully saturated rings. The SMILES string of the molecule is COC(=O)C(Cc1cccc(C(=N)N)c1)C(=O)Nc1ccc(-c2ccccc2S(N)(=O)=O)cc1. The molecule has 9 nitrogen and oxygen atoms in total. The second-order valence-electron chi connectivity index (χ2n) is 7.50. The molecule has 1 amide bonds. The lowest BCUT2D eigenvalue weighted by atomic mass is 9.96. The summed E-state index contributed by atoms with van der Waals surface area (Å²) in [7, 11) is -2.71. The van der Waals surface area contributed by atoms with Crippen molar-refractivity contribution < 1.29 is 22.7 Å². The molecule has 1 unspecified atom stereocenters. The van der Waals surface area contributed by atoms with Crippen LogP contribution >= 0.6 is 0 Å². The third-order valence-electron chi connectivity index (χ3n) is 5.14. The van der Waals surface area contributed by atoms with Crippen LogP contribution in [0, 0.1) is 11.3 Å². The van der Waals surface area contributed by atoms with Crippen LogP contribution in [0.25, 0.3) is 11.1 Å². The Balaban J connectivity index is 1.81. The zero-order valence-corrected chi connectivity index (χ0v) is 19.1. The van der Waals surface area contributed by atoms with E-state index in [9.17, 15) is 18.0 Å². The van der Waals surface area contributed by atoms with E-state index < -0.39 is 27.8 Å². The van der Waals surface area contributed by atoms with E-state index in [0.29, 0.717) is 27.9 Å². The van der Waals surface area contributed by atoms with Gasteiger partial charge in [-0.15, -0.1) is 0 Å². The first kappa shape index (κ1) is 24.6. The summed E-state index contributed by atoms with van der Waals surface area (Å²) in [6, 6.07) is 19.5. The highest BCUT2D eigenvalue weighted by atomic mass is 32.2. The third kappa shape index (κ3) is 5.85. The van der Waals surface area contributed by atoms with Crippen LogP contribution in [-0.2, 0) is 30.8 Å². The minimum atomic E-state index is -3.91. The zero-order chi connectivity index (χ0) is 24.9. The minimum absolute atomic E-state index is 0.00895. The Hall–Kier alpha value is -4.02. The van der Waals surface area contributed by atoms with Gasteiger partial charge < -0.3 is 15.8 Å². The number of benzene rings is 3. The van der Waals surface area contributed by atoms with E-state index in [1.807, 2.05) is 0 Å². The van der Waals surface area contributed by atoms with Crippen molar-refractivity contribution in [2.24, 2.45) is 16.8 Å². The Morgan fingerprint density at radius 3 is 2.32 bits per heavy atom. The van der Waals surface area contributed by atoms with Crippen LogP contribution in [0.5, 0.6) is 0 Å². The quantitative estimate of drug-likeness (QED) is 0.167. The van der Waals surface area contributed by atoms with Crippen LogP contribution in [0.15, 0.2) is 77.7 Å². The Kier molecular flexibility index (Phi) is 7.44. The molecule has 1 atom stereocenters. The summed E-state index contributed by atoms with van der Waals surface area (Å²) in [6.45, 7) is 0. The van der Waals surface area contributed by atoms with E-state index >= 15 is 0 Å². The van der Waals surface area contributed by atoms with Gasteiger partial charge in [-0.3, -0.25) is 15.0 Å². The number of nitrogen functional groups attached to an aromatic ring is 1.